The minimum Gasteiger partial charge on any atom is -0.342 e. The van der Waals surface area contributed by atoms with Crippen LogP contribution in [-0.2, 0) is 6.42 Å². The first kappa shape index (κ1) is 11.5. The van der Waals surface area contributed by atoms with Crippen molar-refractivity contribution in [2.75, 3.05) is 0 Å². The molecule has 4 heteroatoms. The highest BCUT2D eigenvalue weighted by atomic mass is 79.9. The molecular formula is C12H11BrN2S. The molecule has 16 heavy (non-hydrogen) atoms. The summed E-state index contributed by atoms with van der Waals surface area (Å²) in [6.07, 6.45) is 0.844. The fourth-order valence-electron chi connectivity index (χ4n) is 1.48. The second kappa shape index (κ2) is 4.89. The van der Waals surface area contributed by atoms with Gasteiger partial charge in [-0.3, -0.25) is 0 Å². The van der Waals surface area contributed by atoms with Crippen molar-refractivity contribution in [2.45, 2.75) is 13.3 Å². The molecule has 0 aliphatic rings. The Morgan fingerprint density at radius 1 is 1.31 bits per heavy atom. The molecule has 0 saturated heterocycles. The molecule has 0 spiro atoms. The number of hydrogen-bond acceptors (Lipinski definition) is 2. The van der Waals surface area contributed by atoms with Gasteiger partial charge >= 0.3 is 0 Å². The smallest absolute Gasteiger partial charge is 0.144 e. The second-order valence-electron chi connectivity index (χ2n) is 3.40. The van der Waals surface area contributed by atoms with Crippen molar-refractivity contribution in [3.05, 3.63) is 45.3 Å². The SMILES string of the molecule is CCc1nc(=S)c(Br)c(-c2ccccc2)[nH]1. The molecule has 1 heterocycles. The maximum absolute atomic E-state index is 5.22. The van der Waals surface area contributed by atoms with E-state index in [0.717, 1.165) is 28.0 Å². The van der Waals surface area contributed by atoms with Gasteiger partial charge in [0, 0.05) is 6.42 Å². The van der Waals surface area contributed by atoms with Crippen molar-refractivity contribution in [3.63, 3.8) is 0 Å². The topological polar surface area (TPSA) is 28.7 Å². The third-order valence-corrected chi connectivity index (χ3v) is 3.64. The molecule has 2 rings (SSSR count). The average molecular weight is 295 g/mol. The largest absolute Gasteiger partial charge is 0.342 e. The van der Waals surface area contributed by atoms with E-state index in [0.29, 0.717) is 4.64 Å². The van der Waals surface area contributed by atoms with Crippen LogP contribution in [0.4, 0.5) is 0 Å². The molecule has 0 radical (unpaired) electrons. The lowest BCUT2D eigenvalue weighted by atomic mass is 10.1. The molecule has 0 aliphatic carbocycles. The Hall–Kier alpha value is -1.00. The van der Waals surface area contributed by atoms with E-state index in [2.05, 4.69) is 32.8 Å². The van der Waals surface area contributed by atoms with Crippen LogP contribution < -0.4 is 0 Å². The maximum atomic E-state index is 5.22. The summed E-state index contributed by atoms with van der Waals surface area (Å²) in [5.41, 5.74) is 2.11. The van der Waals surface area contributed by atoms with Gasteiger partial charge < -0.3 is 4.98 Å². The van der Waals surface area contributed by atoms with Gasteiger partial charge in [-0.1, -0.05) is 49.5 Å². The van der Waals surface area contributed by atoms with E-state index < -0.39 is 0 Å². The molecule has 0 aliphatic heterocycles. The van der Waals surface area contributed by atoms with Crippen molar-refractivity contribution in [3.8, 4) is 11.3 Å². The molecule has 82 valence electrons. The quantitative estimate of drug-likeness (QED) is 0.844. The summed E-state index contributed by atoms with van der Waals surface area (Å²) in [5, 5.41) is 0. The highest BCUT2D eigenvalue weighted by Gasteiger charge is 2.07. The third-order valence-electron chi connectivity index (χ3n) is 2.31. The summed E-state index contributed by atoms with van der Waals surface area (Å²) in [6, 6.07) is 10.1. The minimum atomic E-state index is 0.606. The number of rotatable bonds is 2. The zero-order valence-corrected chi connectivity index (χ0v) is 11.2. The van der Waals surface area contributed by atoms with Gasteiger partial charge in [0.25, 0.3) is 0 Å². The summed E-state index contributed by atoms with van der Waals surface area (Å²) < 4.78 is 1.46. The number of hydrogen-bond donors (Lipinski definition) is 1. The van der Waals surface area contributed by atoms with Crippen LogP contribution in [-0.4, -0.2) is 9.97 Å². The number of aromatic amines is 1. The van der Waals surface area contributed by atoms with Gasteiger partial charge in [-0.05, 0) is 21.5 Å². The van der Waals surface area contributed by atoms with Crippen molar-refractivity contribution >= 4 is 28.1 Å². The lowest BCUT2D eigenvalue weighted by Crippen LogP contribution is -1.97. The van der Waals surface area contributed by atoms with Crippen LogP contribution >= 0.6 is 28.1 Å². The standard InChI is InChI=1S/C12H11BrN2S/c1-2-9-14-11(10(13)12(16)15-9)8-6-4-3-5-7-8/h3-7H,2H2,1H3,(H,14,15,16). The second-order valence-corrected chi connectivity index (χ2v) is 4.58. The zero-order chi connectivity index (χ0) is 11.5. The fraction of sp³-hybridized carbons (Fsp3) is 0.167. The van der Waals surface area contributed by atoms with Gasteiger partial charge in [-0.2, -0.15) is 0 Å². The molecule has 0 unspecified atom stereocenters. The molecule has 2 aromatic rings. The van der Waals surface area contributed by atoms with Gasteiger partial charge in [0.1, 0.15) is 10.5 Å². The molecule has 1 aromatic carbocycles. The lowest BCUT2D eigenvalue weighted by Gasteiger charge is -2.07. The Labute approximate surface area is 108 Å². The van der Waals surface area contributed by atoms with Crippen LogP contribution in [0.1, 0.15) is 12.7 Å². The van der Waals surface area contributed by atoms with Crippen molar-refractivity contribution in [1.82, 2.24) is 9.97 Å². The van der Waals surface area contributed by atoms with Crippen LogP contribution in [0.2, 0.25) is 0 Å². The number of aromatic nitrogens is 2. The zero-order valence-electron chi connectivity index (χ0n) is 8.83. The van der Waals surface area contributed by atoms with Crippen LogP contribution in [0.15, 0.2) is 34.8 Å². The molecule has 0 fully saturated rings. The monoisotopic (exact) mass is 294 g/mol. The van der Waals surface area contributed by atoms with Gasteiger partial charge in [-0.15, -0.1) is 0 Å². The van der Waals surface area contributed by atoms with E-state index in [1.807, 2.05) is 30.3 Å². The minimum absolute atomic E-state index is 0.606. The maximum Gasteiger partial charge on any atom is 0.144 e. The number of aryl methyl sites for hydroxylation is 1. The van der Waals surface area contributed by atoms with Crippen LogP contribution in [0.25, 0.3) is 11.3 Å². The number of H-pyrrole nitrogens is 1. The summed E-state index contributed by atoms with van der Waals surface area (Å²) >= 11 is 8.70. The van der Waals surface area contributed by atoms with E-state index in [1.165, 1.54) is 0 Å². The number of nitrogens with one attached hydrogen (secondary N) is 1. The highest BCUT2D eigenvalue weighted by Crippen LogP contribution is 2.26. The molecule has 0 bridgehead atoms. The summed E-state index contributed by atoms with van der Waals surface area (Å²) in [6.45, 7) is 2.05. The van der Waals surface area contributed by atoms with E-state index in [1.54, 1.807) is 0 Å². The predicted octanol–water partition coefficient (Wildman–Crippen LogP) is 4.13. The Morgan fingerprint density at radius 2 is 2.00 bits per heavy atom. The normalized spacial score (nSPS) is 10.4. The molecule has 2 nitrogen and oxygen atoms in total. The third kappa shape index (κ3) is 2.23. The van der Waals surface area contributed by atoms with Gasteiger partial charge in [0.2, 0.25) is 0 Å². The van der Waals surface area contributed by atoms with E-state index in [-0.39, 0.29) is 0 Å². The Bertz CT molecular complexity index is 549. The fourth-order valence-corrected chi connectivity index (χ4v) is 2.11. The number of halogens is 1. The summed E-state index contributed by atoms with van der Waals surface area (Å²) in [5.74, 6) is 0.909. The van der Waals surface area contributed by atoms with Crippen LogP contribution in [0.3, 0.4) is 0 Å². The Kier molecular flexibility index (Phi) is 3.51. The van der Waals surface area contributed by atoms with E-state index in [4.69, 9.17) is 12.2 Å². The van der Waals surface area contributed by atoms with Crippen molar-refractivity contribution < 1.29 is 0 Å². The van der Waals surface area contributed by atoms with E-state index in [9.17, 15) is 0 Å². The van der Waals surface area contributed by atoms with Crippen LogP contribution in [0.5, 0.6) is 0 Å². The summed E-state index contributed by atoms with van der Waals surface area (Å²) in [4.78, 5) is 7.58. The number of benzene rings is 1. The first-order valence-corrected chi connectivity index (χ1v) is 6.26. The van der Waals surface area contributed by atoms with Crippen molar-refractivity contribution in [1.29, 1.82) is 0 Å². The van der Waals surface area contributed by atoms with E-state index >= 15 is 0 Å². The van der Waals surface area contributed by atoms with Gasteiger partial charge in [0.05, 0.1) is 10.2 Å². The molecule has 1 aromatic heterocycles. The average Bonchev–Trinajstić information content (AvgIpc) is 2.33. The molecule has 0 atom stereocenters. The van der Waals surface area contributed by atoms with Crippen LogP contribution in [0, 0.1) is 4.64 Å². The highest BCUT2D eigenvalue weighted by molar-refractivity contribution is 9.10. The molecular weight excluding hydrogens is 284 g/mol. The molecule has 0 amide bonds. The lowest BCUT2D eigenvalue weighted by molar-refractivity contribution is 0.931. The molecule has 1 N–H and O–H groups in total. The summed E-state index contributed by atoms with van der Waals surface area (Å²) in [7, 11) is 0. The number of nitrogens with zero attached hydrogens (tertiary/aromatic N) is 1. The molecule has 0 saturated carbocycles. The Balaban J connectivity index is 2.65. The first-order chi connectivity index (χ1) is 7.72. The Morgan fingerprint density at radius 3 is 2.62 bits per heavy atom. The van der Waals surface area contributed by atoms with Gasteiger partial charge in [-0.25, -0.2) is 4.98 Å². The van der Waals surface area contributed by atoms with Crippen molar-refractivity contribution in [2.24, 2.45) is 0 Å². The predicted molar refractivity (Wildman–Crippen MR) is 71.9 cm³/mol. The first-order valence-electron chi connectivity index (χ1n) is 5.06. The van der Waals surface area contributed by atoms with Gasteiger partial charge in [0.15, 0.2) is 0 Å².